The van der Waals surface area contributed by atoms with E-state index in [2.05, 4.69) is 0 Å². The Bertz CT molecular complexity index is 684. The second-order valence-corrected chi connectivity index (χ2v) is 5.18. The zero-order valence-electron chi connectivity index (χ0n) is 11.0. The molecule has 0 fully saturated rings. The number of ether oxygens (including phenoxy) is 1. The summed E-state index contributed by atoms with van der Waals surface area (Å²) in [6.07, 6.45) is 0. The van der Waals surface area contributed by atoms with E-state index in [9.17, 15) is 4.79 Å². The summed E-state index contributed by atoms with van der Waals surface area (Å²) in [5, 5.41) is 0.640. The number of benzene rings is 2. The first kappa shape index (κ1) is 14.7. The standard InChI is InChI=1S/C15H13Cl2NO2/c1-8-5-9(18)3-4-10(8)15(19)11-6-13(17)14(20-2)7-12(11)16/h3-7H,18H2,1-2H3. The van der Waals surface area contributed by atoms with E-state index in [4.69, 9.17) is 33.7 Å². The number of carbonyl (C=O) groups is 1. The highest BCUT2D eigenvalue weighted by molar-refractivity contribution is 6.37. The molecule has 2 rings (SSSR count). The molecular weight excluding hydrogens is 297 g/mol. The third-order valence-corrected chi connectivity index (χ3v) is 3.59. The largest absolute Gasteiger partial charge is 0.495 e. The second-order valence-electron chi connectivity index (χ2n) is 4.37. The van der Waals surface area contributed by atoms with E-state index in [-0.39, 0.29) is 5.78 Å². The SMILES string of the molecule is COc1cc(Cl)c(C(=O)c2ccc(N)cc2C)cc1Cl. The maximum atomic E-state index is 12.5. The topological polar surface area (TPSA) is 52.3 Å². The first-order chi connectivity index (χ1) is 9.43. The highest BCUT2D eigenvalue weighted by atomic mass is 35.5. The van der Waals surface area contributed by atoms with Gasteiger partial charge >= 0.3 is 0 Å². The van der Waals surface area contributed by atoms with Gasteiger partial charge in [-0.1, -0.05) is 23.2 Å². The summed E-state index contributed by atoms with van der Waals surface area (Å²) in [5.41, 5.74) is 7.96. The van der Waals surface area contributed by atoms with E-state index in [0.29, 0.717) is 32.6 Å². The second kappa shape index (κ2) is 5.73. The molecule has 0 aliphatic heterocycles. The monoisotopic (exact) mass is 309 g/mol. The molecule has 0 amide bonds. The predicted molar refractivity (Wildman–Crippen MR) is 82.0 cm³/mol. The highest BCUT2D eigenvalue weighted by Gasteiger charge is 2.17. The molecule has 0 unspecified atom stereocenters. The van der Waals surface area contributed by atoms with Crippen LogP contribution in [0.3, 0.4) is 0 Å². The lowest BCUT2D eigenvalue weighted by Crippen LogP contribution is -2.05. The lowest BCUT2D eigenvalue weighted by Gasteiger charge is -2.10. The molecule has 0 radical (unpaired) electrons. The number of anilines is 1. The molecule has 0 saturated heterocycles. The van der Waals surface area contributed by atoms with Gasteiger partial charge in [-0.15, -0.1) is 0 Å². The third-order valence-electron chi connectivity index (χ3n) is 2.98. The van der Waals surface area contributed by atoms with Gasteiger partial charge in [0.2, 0.25) is 0 Å². The lowest BCUT2D eigenvalue weighted by molar-refractivity contribution is 0.103. The van der Waals surface area contributed by atoms with Crippen LogP contribution in [-0.4, -0.2) is 12.9 Å². The van der Waals surface area contributed by atoms with Gasteiger partial charge in [0.1, 0.15) is 5.75 Å². The molecule has 0 aromatic heterocycles. The minimum atomic E-state index is -0.197. The number of methoxy groups -OCH3 is 1. The van der Waals surface area contributed by atoms with E-state index >= 15 is 0 Å². The van der Waals surface area contributed by atoms with E-state index < -0.39 is 0 Å². The van der Waals surface area contributed by atoms with E-state index in [0.717, 1.165) is 5.56 Å². The molecule has 0 saturated carbocycles. The van der Waals surface area contributed by atoms with Crippen LogP contribution in [-0.2, 0) is 0 Å². The maximum Gasteiger partial charge on any atom is 0.194 e. The number of hydrogen-bond acceptors (Lipinski definition) is 3. The van der Waals surface area contributed by atoms with Crippen LogP contribution in [0.2, 0.25) is 10.0 Å². The predicted octanol–water partition coefficient (Wildman–Crippen LogP) is 4.12. The Kier molecular flexibility index (Phi) is 4.21. The van der Waals surface area contributed by atoms with Crippen molar-refractivity contribution in [3.63, 3.8) is 0 Å². The molecule has 2 aromatic carbocycles. The summed E-state index contributed by atoms with van der Waals surface area (Å²) in [6.45, 7) is 1.82. The van der Waals surface area contributed by atoms with Gasteiger partial charge in [0, 0.05) is 22.9 Å². The van der Waals surface area contributed by atoms with Gasteiger partial charge in [0.15, 0.2) is 5.78 Å². The van der Waals surface area contributed by atoms with Crippen LogP contribution in [0.1, 0.15) is 21.5 Å². The van der Waals surface area contributed by atoms with Crippen molar-refractivity contribution < 1.29 is 9.53 Å². The minimum absolute atomic E-state index is 0.197. The fourth-order valence-electron chi connectivity index (χ4n) is 1.95. The van der Waals surface area contributed by atoms with Gasteiger partial charge in [-0.2, -0.15) is 0 Å². The molecule has 0 bridgehead atoms. The van der Waals surface area contributed by atoms with Crippen LogP contribution in [0.4, 0.5) is 5.69 Å². The maximum absolute atomic E-state index is 12.5. The summed E-state index contributed by atoms with van der Waals surface area (Å²) in [5.74, 6) is 0.235. The van der Waals surface area contributed by atoms with Crippen molar-refractivity contribution in [2.75, 3.05) is 12.8 Å². The summed E-state index contributed by atoms with van der Waals surface area (Å²) < 4.78 is 5.06. The van der Waals surface area contributed by atoms with Crippen LogP contribution in [0.25, 0.3) is 0 Å². The Balaban J connectivity index is 2.51. The lowest BCUT2D eigenvalue weighted by atomic mass is 9.98. The van der Waals surface area contributed by atoms with Crippen LogP contribution in [0.15, 0.2) is 30.3 Å². The molecule has 5 heteroatoms. The van der Waals surface area contributed by atoms with Crippen molar-refractivity contribution in [1.82, 2.24) is 0 Å². The Morgan fingerprint density at radius 1 is 1.10 bits per heavy atom. The summed E-state index contributed by atoms with van der Waals surface area (Å²) in [6, 6.07) is 8.15. The molecule has 0 aliphatic carbocycles. The highest BCUT2D eigenvalue weighted by Crippen LogP contribution is 2.32. The van der Waals surface area contributed by atoms with Gasteiger partial charge < -0.3 is 10.5 Å². The number of hydrogen-bond donors (Lipinski definition) is 1. The zero-order chi connectivity index (χ0) is 14.9. The van der Waals surface area contributed by atoms with Crippen LogP contribution in [0.5, 0.6) is 5.75 Å². The molecule has 2 N–H and O–H groups in total. The Hall–Kier alpha value is -1.71. The average Bonchev–Trinajstić information content (AvgIpc) is 2.40. The van der Waals surface area contributed by atoms with Gasteiger partial charge in [-0.25, -0.2) is 0 Å². The fourth-order valence-corrected chi connectivity index (χ4v) is 2.43. The molecule has 0 atom stereocenters. The van der Waals surface area contributed by atoms with Crippen molar-refractivity contribution in [3.8, 4) is 5.75 Å². The summed E-state index contributed by atoms with van der Waals surface area (Å²) >= 11 is 12.2. The van der Waals surface area contributed by atoms with Crippen LogP contribution in [0, 0.1) is 6.92 Å². The summed E-state index contributed by atoms with van der Waals surface area (Å²) in [4.78, 5) is 12.5. The van der Waals surface area contributed by atoms with Crippen molar-refractivity contribution in [1.29, 1.82) is 0 Å². The van der Waals surface area contributed by atoms with Crippen molar-refractivity contribution in [3.05, 3.63) is 57.1 Å². The third kappa shape index (κ3) is 2.74. The van der Waals surface area contributed by atoms with Crippen molar-refractivity contribution in [2.24, 2.45) is 0 Å². The molecule has 0 aliphatic rings. The molecular formula is C15H13Cl2NO2. The van der Waals surface area contributed by atoms with Crippen molar-refractivity contribution >= 4 is 34.7 Å². The average molecular weight is 310 g/mol. The number of ketones is 1. The Morgan fingerprint density at radius 3 is 2.40 bits per heavy atom. The smallest absolute Gasteiger partial charge is 0.194 e. The normalized spacial score (nSPS) is 10.4. The van der Waals surface area contributed by atoms with E-state index in [1.54, 1.807) is 18.2 Å². The van der Waals surface area contributed by atoms with Crippen LogP contribution >= 0.6 is 23.2 Å². The van der Waals surface area contributed by atoms with Gasteiger partial charge in [-0.3, -0.25) is 4.79 Å². The molecule has 0 heterocycles. The number of rotatable bonds is 3. The number of halogens is 2. The number of aryl methyl sites for hydroxylation is 1. The zero-order valence-corrected chi connectivity index (χ0v) is 12.5. The van der Waals surface area contributed by atoms with Gasteiger partial charge in [0.25, 0.3) is 0 Å². The number of carbonyl (C=O) groups excluding carboxylic acids is 1. The van der Waals surface area contributed by atoms with Gasteiger partial charge in [0.05, 0.1) is 17.2 Å². The Labute approximate surface area is 127 Å². The molecule has 2 aromatic rings. The first-order valence-corrected chi connectivity index (χ1v) is 6.63. The quantitative estimate of drug-likeness (QED) is 0.685. The number of nitrogens with two attached hydrogens (primary N) is 1. The molecule has 104 valence electrons. The minimum Gasteiger partial charge on any atom is -0.495 e. The number of nitrogen functional groups attached to an aromatic ring is 1. The van der Waals surface area contributed by atoms with Gasteiger partial charge in [-0.05, 0) is 36.8 Å². The van der Waals surface area contributed by atoms with E-state index in [1.807, 2.05) is 6.92 Å². The molecule has 3 nitrogen and oxygen atoms in total. The first-order valence-electron chi connectivity index (χ1n) is 5.88. The Morgan fingerprint density at radius 2 is 1.80 bits per heavy atom. The van der Waals surface area contributed by atoms with Crippen molar-refractivity contribution in [2.45, 2.75) is 6.92 Å². The molecule has 0 spiro atoms. The van der Waals surface area contributed by atoms with E-state index in [1.165, 1.54) is 19.2 Å². The summed E-state index contributed by atoms with van der Waals surface area (Å²) in [7, 11) is 1.49. The molecule has 20 heavy (non-hydrogen) atoms. The fraction of sp³-hybridized carbons (Fsp3) is 0.133. The van der Waals surface area contributed by atoms with Crippen LogP contribution < -0.4 is 10.5 Å².